The lowest BCUT2D eigenvalue weighted by Gasteiger charge is -2.24. The lowest BCUT2D eigenvalue weighted by molar-refractivity contribution is -0.123. The molecular formula is C21H18ClN5O4. The second-order valence-corrected chi connectivity index (χ2v) is 7.18. The standard InChI is InChI=1S/C21H18ClN5O4/c1-31-15-9-5-4-8-14(15)24-21-26-18-17(20(30)27-21)11(10-16(28)25-18)19(29)23-13-7-3-2-6-12(13)22/h2-9,11H,10H2,1H3,(H,23,29)(H3,24,25,26,27,28,30)/t11-/m1/s1. The van der Waals surface area contributed by atoms with E-state index in [-0.39, 0.29) is 23.8 Å². The van der Waals surface area contributed by atoms with Crippen molar-refractivity contribution < 1.29 is 14.3 Å². The Morgan fingerprint density at radius 3 is 2.58 bits per heavy atom. The van der Waals surface area contributed by atoms with Crippen molar-refractivity contribution in [3.8, 4) is 5.75 Å². The molecule has 2 aromatic carbocycles. The van der Waals surface area contributed by atoms with Gasteiger partial charge in [0.2, 0.25) is 17.8 Å². The minimum atomic E-state index is -1.02. The number of benzene rings is 2. The molecule has 31 heavy (non-hydrogen) atoms. The monoisotopic (exact) mass is 439 g/mol. The zero-order valence-electron chi connectivity index (χ0n) is 16.4. The molecule has 158 valence electrons. The summed E-state index contributed by atoms with van der Waals surface area (Å²) < 4.78 is 5.28. The van der Waals surface area contributed by atoms with Gasteiger partial charge in [-0.1, -0.05) is 35.9 Å². The Bertz CT molecular complexity index is 1230. The van der Waals surface area contributed by atoms with E-state index >= 15 is 0 Å². The second kappa shape index (κ2) is 8.49. The van der Waals surface area contributed by atoms with Crippen LogP contribution < -0.4 is 26.2 Å². The number of aromatic amines is 1. The van der Waals surface area contributed by atoms with Crippen LogP contribution in [0.15, 0.2) is 53.3 Å². The lowest BCUT2D eigenvalue weighted by Crippen LogP contribution is -2.36. The number of para-hydroxylation sites is 3. The molecule has 2 amide bonds. The van der Waals surface area contributed by atoms with Gasteiger partial charge >= 0.3 is 0 Å². The summed E-state index contributed by atoms with van der Waals surface area (Å²) in [6, 6.07) is 13.8. The van der Waals surface area contributed by atoms with Gasteiger partial charge in [-0.15, -0.1) is 0 Å². The van der Waals surface area contributed by atoms with Crippen molar-refractivity contribution in [2.75, 3.05) is 23.1 Å². The Kier molecular flexibility index (Phi) is 5.59. The first kappa shape index (κ1) is 20.4. The van der Waals surface area contributed by atoms with Crippen LogP contribution in [0.4, 0.5) is 23.1 Å². The molecule has 0 saturated carbocycles. The molecule has 1 aliphatic heterocycles. The van der Waals surface area contributed by atoms with Crippen molar-refractivity contribution >= 4 is 46.6 Å². The fourth-order valence-electron chi connectivity index (χ4n) is 3.31. The van der Waals surface area contributed by atoms with Crippen LogP contribution in [0.3, 0.4) is 0 Å². The SMILES string of the molecule is COc1ccccc1Nc1nc2c(c(=O)[nH]1)[C@H](C(=O)Nc1ccccc1Cl)CC(=O)N2. The van der Waals surface area contributed by atoms with E-state index in [0.29, 0.717) is 22.1 Å². The van der Waals surface area contributed by atoms with Crippen LogP contribution in [-0.2, 0) is 9.59 Å². The Morgan fingerprint density at radius 2 is 1.84 bits per heavy atom. The van der Waals surface area contributed by atoms with Gasteiger partial charge in [0.05, 0.1) is 35.0 Å². The molecule has 0 fully saturated rings. The number of H-pyrrole nitrogens is 1. The molecule has 1 aliphatic rings. The average molecular weight is 440 g/mol. The summed E-state index contributed by atoms with van der Waals surface area (Å²) in [6.07, 6.45) is -0.187. The maximum atomic E-state index is 12.9. The smallest absolute Gasteiger partial charge is 0.258 e. The molecule has 10 heteroatoms. The third-order valence-corrected chi connectivity index (χ3v) is 5.09. The fourth-order valence-corrected chi connectivity index (χ4v) is 3.50. The summed E-state index contributed by atoms with van der Waals surface area (Å²) in [5.74, 6) is -1.30. The number of rotatable bonds is 5. The van der Waals surface area contributed by atoms with Gasteiger partial charge in [-0.25, -0.2) is 0 Å². The lowest BCUT2D eigenvalue weighted by atomic mass is 9.92. The molecule has 2 heterocycles. The first-order valence-corrected chi connectivity index (χ1v) is 9.73. The number of hydrogen-bond acceptors (Lipinski definition) is 6. The first-order valence-electron chi connectivity index (χ1n) is 9.35. The molecule has 4 N–H and O–H groups in total. The highest BCUT2D eigenvalue weighted by molar-refractivity contribution is 6.33. The number of nitrogens with one attached hydrogen (secondary N) is 4. The summed E-state index contributed by atoms with van der Waals surface area (Å²) >= 11 is 6.10. The molecule has 3 aromatic rings. The van der Waals surface area contributed by atoms with E-state index in [4.69, 9.17) is 16.3 Å². The Labute approximate surface area is 181 Å². The summed E-state index contributed by atoms with van der Waals surface area (Å²) in [5.41, 5.74) is 0.500. The third-order valence-electron chi connectivity index (χ3n) is 4.76. The van der Waals surface area contributed by atoms with E-state index < -0.39 is 23.3 Å². The number of anilines is 4. The van der Waals surface area contributed by atoms with Crippen LogP contribution in [0.1, 0.15) is 17.9 Å². The zero-order valence-corrected chi connectivity index (χ0v) is 17.1. The molecule has 9 nitrogen and oxygen atoms in total. The van der Waals surface area contributed by atoms with Crippen LogP contribution in [0, 0.1) is 0 Å². The van der Waals surface area contributed by atoms with Gasteiger partial charge in [-0.3, -0.25) is 19.4 Å². The largest absolute Gasteiger partial charge is 0.495 e. The van der Waals surface area contributed by atoms with Crippen molar-refractivity contribution in [3.05, 3.63) is 69.5 Å². The predicted molar refractivity (Wildman–Crippen MR) is 117 cm³/mol. The van der Waals surface area contributed by atoms with Crippen LogP contribution in [-0.4, -0.2) is 28.9 Å². The number of hydrogen-bond donors (Lipinski definition) is 4. The van der Waals surface area contributed by atoms with Crippen molar-refractivity contribution in [3.63, 3.8) is 0 Å². The molecule has 0 radical (unpaired) electrons. The van der Waals surface area contributed by atoms with E-state index in [1.807, 2.05) is 0 Å². The number of aromatic nitrogens is 2. The van der Waals surface area contributed by atoms with Crippen molar-refractivity contribution in [2.24, 2.45) is 0 Å². The second-order valence-electron chi connectivity index (χ2n) is 6.78. The molecule has 1 aromatic heterocycles. The van der Waals surface area contributed by atoms with Crippen molar-refractivity contribution in [1.82, 2.24) is 9.97 Å². The molecule has 0 unspecified atom stereocenters. The van der Waals surface area contributed by atoms with Crippen molar-refractivity contribution in [2.45, 2.75) is 12.3 Å². The minimum Gasteiger partial charge on any atom is -0.495 e. The van der Waals surface area contributed by atoms with Gasteiger partial charge < -0.3 is 20.7 Å². The predicted octanol–water partition coefficient (Wildman–Crippen LogP) is 3.24. The van der Waals surface area contributed by atoms with E-state index in [2.05, 4.69) is 25.9 Å². The fraction of sp³-hybridized carbons (Fsp3) is 0.143. The molecule has 0 bridgehead atoms. The quantitative estimate of drug-likeness (QED) is 0.483. The highest BCUT2D eigenvalue weighted by atomic mass is 35.5. The van der Waals surface area contributed by atoms with Gasteiger partial charge in [0.15, 0.2) is 0 Å². The maximum Gasteiger partial charge on any atom is 0.258 e. The molecule has 1 atom stereocenters. The van der Waals surface area contributed by atoms with E-state index in [9.17, 15) is 14.4 Å². The van der Waals surface area contributed by atoms with Crippen LogP contribution in [0.5, 0.6) is 5.75 Å². The van der Waals surface area contributed by atoms with Gasteiger partial charge in [-0.2, -0.15) is 4.98 Å². The summed E-state index contributed by atoms with van der Waals surface area (Å²) in [5, 5.41) is 8.55. The normalized spacial score (nSPS) is 14.9. The number of nitrogens with zero attached hydrogens (tertiary/aromatic N) is 1. The summed E-state index contributed by atoms with van der Waals surface area (Å²) in [4.78, 5) is 44.9. The van der Waals surface area contributed by atoms with Crippen LogP contribution in [0.2, 0.25) is 5.02 Å². The number of methoxy groups -OCH3 is 1. The maximum absolute atomic E-state index is 12.9. The third kappa shape index (κ3) is 4.22. The van der Waals surface area contributed by atoms with E-state index in [1.54, 1.807) is 48.5 Å². The summed E-state index contributed by atoms with van der Waals surface area (Å²) in [7, 11) is 1.52. The number of fused-ring (bicyclic) bond motifs is 1. The Balaban J connectivity index is 1.66. The van der Waals surface area contributed by atoms with Gasteiger partial charge in [-0.05, 0) is 24.3 Å². The van der Waals surface area contributed by atoms with Gasteiger partial charge in [0.1, 0.15) is 11.6 Å². The van der Waals surface area contributed by atoms with Crippen molar-refractivity contribution in [1.29, 1.82) is 0 Å². The molecule has 0 aliphatic carbocycles. The number of carbonyl (C=O) groups is 2. The average Bonchev–Trinajstić information content (AvgIpc) is 2.74. The number of ether oxygens (including phenoxy) is 1. The number of halogens is 1. The number of amides is 2. The van der Waals surface area contributed by atoms with Gasteiger partial charge in [0.25, 0.3) is 5.56 Å². The van der Waals surface area contributed by atoms with Gasteiger partial charge in [0, 0.05) is 6.42 Å². The van der Waals surface area contributed by atoms with E-state index in [0.717, 1.165) is 0 Å². The van der Waals surface area contributed by atoms with Crippen LogP contribution in [0.25, 0.3) is 0 Å². The minimum absolute atomic E-state index is 0.0247. The van der Waals surface area contributed by atoms with Crippen LogP contribution >= 0.6 is 11.6 Å². The Morgan fingerprint density at radius 1 is 1.13 bits per heavy atom. The Hall–Kier alpha value is -3.85. The number of carbonyl (C=O) groups excluding carboxylic acids is 2. The first-order chi connectivity index (χ1) is 15.0. The molecule has 0 saturated heterocycles. The highest BCUT2D eigenvalue weighted by Gasteiger charge is 2.35. The highest BCUT2D eigenvalue weighted by Crippen LogP contribution is 2.32. The molecule has 0 spiro atoms. The zero-order chi connectivity index (χ0) is 22.0. The van der Waals surface area contributed by atoms with E-state index in [1.165, 1.54) is 7.11 Å². The molecule has 4 rings (SSSR count). The molecular weight excluding hydrogens is 422 g/mol. The summed E-state index contributed by atoms with van der Waals surface area (Å²) in [6.45, 7) is 0. The topological polar surface area (TPSA) is 125 Å².